The van der Waals surface area contributed by atoms with Crippen molar-refractivity contribution in [3.05, 3.63) is 97.2 Å². The average Bonchev–Trinajstić information content (AvgIpc) is 0.931. The second-order valence-electron chi connectivity index (χ2n) is 27.7. The SMILES string of the molecule is CC/C=C\C/C=C\C/C=C\C/C=C\CCCCCCCCC(=O)OCC(COP(=O)(O)OCC(O)COP(=O)(O)OCC(COC(=O)CCCCCCCC/C=C\C/C=C\C/C=C\C/C=C\CC)OC(=O)CCCCCCCCCCCCCCCCC)OC(=O)CCCCCCCCCCCCC. The molecule has 602 valence electrons. The Labute approximate surface area is 633 Å². The van der Waals surface area contributed by atoms with Crippen LogP contribution in [0.15, 0.2) is 97.2 Å². The lowest BCUT2D eigenvalue weighted by atomic mass is 10.0. The monoisotopic (exact) mass is 1510 g/mol. The number of phosphoric acid groups is 2. The Bertz CT molecular complexity index is 2350. The largest absolute Gasteiger partial charge is 0.472 e. The second kappa shape index (κ2) is 77.1. The fourth-order valence-electron chi connectivity index (χ4n) is 11.3. The number of carbonyl (C=O) groups excluding carboxylic acids is 4. The lowest BCUT2D eigenvalue weighted by molar-refractivity contribution is -0.161. The summed E-state index contributed by atoms with van der Waals surface area (Å²) in [4.78, 5) is 73.1. The van der Waals surface area contributed by atoms with Gasteiger partial charge in [-0.15, -0.1) is 0 Å². The Morgan fingerprint density at radius 3 is 0.769 bits per heavy atom. The molecule has 0 aliphatic rings. The van der Waals surface area contributed by atoms with Crippen LogP contribution in [-0.4, -0.2) is 96.7 Å². The zero-order chi connectivity index (χ0) is 76.0. The molecule has 17 nitrogen and oxygen atoms in total. The Hall–Kier alpha value is -4.02. The topological polar surface area (TPSA) is 237 Å². The summed E-state index contributed by atoms with van der Waals surface area (Å²) in [5.74, 6) is -2.18. The van der Waals surface area contributed by atoms with Crippen LogP contribution in [0.25, 0.3) is 0 Å². The molecular formula is C85H150O17P2. The van der Waals surface area contributed by atoms with Crippen LogP contribution in [0.1, 0.15) is 362 Å². The summed E-state index contributed by atoms with van der Waals surface area (Å²) in [6, 6.07) is 0. The first-order valence-corrected chi connectivity index (χ1v) is 44.5. The molecule has 0 amide bonds. The highest BCUT2D eigenvalue weighted by Gasteiger charge is 2.30. The molecule has 5 unspecified atom stereocenters. The molecule has 0 aromatic rings. The van der Waals surface area contributed by atoms with Crippen LogP contribution in [0.2, 0.25) is 0 Å². The maximum atomic E-state index is 13.1. The molecule has 0 aromatic carbocycles. The summed E-state index contributed by atoms with van der Waals surface area (Å²) < 4.78 is 68.7. The average molecular weight is 1510 g/mol. The van der Waals surface area contributed by atoms with Crippen LogP contribution in [0.3, 0.4) is 0 Å². The number of carbonyl (C=O) groups is 4. The third kappa shape index (κ3) is 76.2. The third-order valence-electron chi connectivity index (χ3n) is 17.6. The highest BCUT2D eigenvalue weighted by molar-refractivity contribution is 7.47. The first kappa shape index (κ1) is 100.0. The zero-order valence-corrected chi connectivity index (χ0v) is 67.7. The van der Waals surface area contributed by atoms with Crippen LogP contribution in [0, 0.1) is 0 Å². The van der Waals surface area contributed by atoms with Gasteiger partial charge in [-0.25, -0.2) is 9.13 Å². The van der Waals surface area contributed by atoms with E-state index in [2.05, 4.69) is 125 Å². The number of esters is 4. The molecule has 5 atom stereocenters. The molecule has 0 spiro atoms. The molecule has 0 radical (unpaired) electrons. The minimum atomic E-state index is -4.98. The summed E-state index contributed by atoms with van der Waals surface area (Å²) in [6.45, 7) is 4.68. The van der Waals surface area contributed by atoms with E-state index in [0.717, 1.165) is 180 Å². The molecule has 0 saturated carbocycles. The minimum absolute atomic E-state index is 0.0948. The van der Waals surface area contributed by atoms with E-state index >= 15 is 0 Å². The number of unbranched alkanes of at least 4 members (excludes halogenated alkanes) is 36. The first-order valence-electron chi connectivity index (χ1n) is 41.5. The molecule has 0 saturated heterocycles. The summed E-state index contributed by atoms with van der Waals surface area (Å²) in [5, 5.41) is 10.6. The van der Waals surface area contributed by atoms with Crippen molar-refractivity contribution in [2.45, 2.75) is 380 Å². The van der Waals surface area contributed by atoms with Crippen molar-refractivity contribution < 1.29 is 80.2 Å². The van der Waals surface area contributed by atoms with Crippen LogP contribution in [0.5, 0.6) is 0 Å². The Balaban J connectivity index is 5.31. The summed E-state index contributed by atoms with van der Waals surface area (Å²) in [7, 11) is -9.95. The quantitative estimate of drug-likeness (QED) is 0.0169. The molecule has 19 heteroatoms. The van der Waals surface area contributed by atoms with Gasteiger partial charge < -0.3 is 33.8 Å². The fraction of sp³-hybridized carbons (Fsp3) is 0.765. The van der Waals surface area contributed by atoms with Gasteiger partial charge in [0.2, 0.25) is 0 Å². The Kier molecular flexibility index (Phi) is 74.2. The van der Waals surface area contributed by atoms with Gasteiger partial charge in [0.15, 0.2) is 12.2 Å². The maximum Gasteiger partial charge on any atom is 0.472 e. The zero-order valence-electron chi connectivity index (χ0n) is 65.9. The van der Waals surface area contributed by atoms with Crippen LogP contribution in [-0.2, 0) is 65.4 Å². The molecule has 0 bridgehead atoms. The number of hydrogen-bond donors (Lipinski definition) is 3. The van der Waals surface area contributed by atoms with Crippen molar-refractivity contribution in [1.29, 1.82) is 0 Å². The summed E-state index contributed by atoms with van der Waals surface area (Å²) in [6.07, 6.45) is 82.3. The molecule has 104 heavy (non-hydrogen) atoms. The van der Waals surface area contributed by atoms with Crippen molar-refractivity contribution in [2.75, 3.05) is 39.6 Å². The third-order valence-corrected chi connectivity index (χ3v) is 19.5. The van der Waals surface area contributed by atoms with Crippen molar-refractivity contribution >= 4 is 39.5 Å². The lowest BCUT2D eigenvalue weighted by Gasteiger charge is -2.21. The van der Waals surface area contributed by atoms with E-state index in [1.807, 2.05) is 0 Å². The van der Waals surface area contributed by atoms with E-state index in [4.69, 9.17) is 37.0 Å². The maximum absolute atomic E-state index is 13.1. The van der Waals surface area contributed by atoms with Gasteiger partial charge in [0.25, 0.3) is 0 Å². The van der Waals surface area contributed by atoms with Gasteiger partial charge in [-0.2, -0.15) is 0 Å². The number of allylic oxidation sites excluding steroid dienone is 16. The Morgan fingerprint density at radius 1 is 0.279 bits per heavy atom. The summed E-state index contributed by atoms with van der Waals surface area (Å²) >= 11 is 0. The molecule has 0 heterocycles. The van der Waals surface area contributed by atoms with E-state index in [1.165, 1.54) is 103 Å². The minimum Gasteiger partial charge on any atom is -0.462 e. The first-order chi connectivity index (χ1) is 50.7. The van der Waals surface area contributed by atoms with Crippen LogP contribution in [0.4, 0.5) is 0 Å². The number of rotatable bonds is 78. The van der Waals surface area contributed by atoms with Gasteiger partial charge >= 0.3 is 39.5 Å². The van der Waals surface area contributed by atoms with Gasteiger partial charge in [0, 0.05) is 25.7 Å². The van der Waals surface area contributed by atoms with Crippen molar-refractivity contribution in [1.82, 2.24) is 0 Å². The van der Waals surface area contributed by atoms with E-state index in [-0.39, 0.29) is 25.7 Å². The molecular weight excluding hydrogens is 1350 g/mol. The highest BCUT2D eigenvalue weighted by atomic mass is 31.2. The molecule has 0 aliphatic heterocycles. The van der Waals surface area contributed by atoms with Crippen molar-refractivity contribution in [3.8, 4) is 0 Å². The van der Waals surface area contributed by atoms with E-state index < -0.39 is 97.5 Å². The number of aliphatic hydroxyl groups excluding tert-OH is 1. The molecule has 0 rings (SSSR count). The van der Waals surface area contributed by atoms with E-state index in [1.54, 1.807) is 0 Å². The number of ether oxygens (including phenoxy) is 4. The van der Waals surface area contributed by atoms with Gasteiger partial charge in [-0.3, -0.25) is 37.3 Å². The predicted octanol–water partition coefficient (Wildman–Crippen LogP) is 24.3. The predicted molar refractivity (Wildman–Crippen MR) is 427 cm³/mol. The second-order valence-corrected chi connectivity index (χ2v) is 30.6. The van der Waals surface area contributed by atoms with Crippen molar-refractivity contribution in [2.24, 2.45) is 0 Å². The highest BCUT2D eigenvalue weighted by Crippen LogP contribution is 2.45. The number of hydrogen-bond acceptors (Lipinski definition) is 15. The van der Waals surface area contributed by atoms with Gasteiger partial charge in [0.05, 0.1) is 26.4 Å². The molecule has 0 aromatic heterocycles. The van der Waals surface area contributed by atoms with Gasteiger partial charge in [-0.1, -0.05) is 330 Å². The van der Waals surface area contributed by atoms with E-state index in [0.29, 0.717) is 25.7 Å². The number of phosphoric ester groups is 2. The van der Waals surface area contributed by atoms with Gasteiger partial charge in [0.1, 0.15) is 19.3 Å². The number of aliphatic hydroxyl groups is 1. The standard InChI is InChI=1S/C85H150O17P2/c1-5-9-13-17-21-25-29-32-35-37-39-41-44-46-50-53-57-61-65-69-82(87)95-75-80(101-84(89)71-67-63-59-55-49-28-24-20-16-12-8-4)77-99-103(91,92)97-73-79(86)74-98-104(93,94)100-78-81(102-85(90)72-68-64-60-56-52-48-43-34-31-27-23-19-15-11-7-3)76-96-83(88)70-66-62-58-54-51-47-45-42-40-38-36-33-30-26-22-18-14-10-6-2/h9-10,13-14,21-22,25-26,32-33,35-36,39-42,79-81,86H,5-8,11-12,15-20,23-24,27-31,34,37-38,43-78H2,1-4H3,(H,91,92)(H,93,94)/b13-9-,14-10-,25-21-,26-22-,35-32-,36-33-,41-39-,42-40-. The normalized spacial score (nSPS) is 14.3. The molecule has 0 fully saturated rings. The van der Waals surface area contributed by atoms with Crippen LogP contribution < -0.4 is 0 Å². The molecule has 0 aliphatic carbocycles. The van der Waals surface area contributed by atoms with E-state index in [9.17, 15) is 43.2 Å². The molecule has 3 N–H and O–H groups in total. The summed E-state index contributed by atoms with van der Waals surface area (Å²) in [5.41, 5.74) is 0. The van der Waals surface area contributed by atoms with Crippen molar-refractivity contribution in [3.63, 3.8) is 0 Å². The van der Waals surface area contributed by atoms with Gasteiger partial charge in [-0.05, 0) is 103 Å². The Morgan fingerprint density at radius 2 is 0.500 bits per heavy atom. The smallest absolute Gasteiger partial charge is 0.462 e. The van der Waals surface area contributed by atoms with Crippen LogP contribution >= 0.6 is 15.6 Å². The fourth-order valence-corrected chi connectivity index (χ4v) is 12.9. The lowest BCUT2D eigenvalue weighted by Crippen LogP contribution is -2.30.